The Labute approximate surface area is 85.1 Å². The molecule has 0 bridgehead atoms. The number of thiophene rings is 1. The normalized spacial score (nSPS) is 18.5. The standard InChI is InChI=1S/C9H9ClO2S/c10-6-3-7(13-5-6)4-9(1-2-9)8(11)12/h3,5H,1-2,4H2,(H,11,12). The number of rotatable bonds is 3. The first-order chi connectivity index (χ1) is 6.12. The minimum Gasteiger partial charge on any atom is -0.481 e. The highest BCUT2D eigenvalue weighted by molar-refractivity contribution is 7.10. The molecule has 0 aliphatic heterocycles. The third-order valence-corrected chi connectivity index (χ3v) is 3.73. The van der Waals surface area contributed by atoms with Crippen LogP contribution in [-0.2, 0) is 11.2 Å². The second-order valence-electron chi connectivity index (χ2n) is 3.49. The van der Waals surface area contributed by atoms with Crippen molar-refractivity contribution in [2.45, 2.75) is 19.3 Å². The molecule has 0 atom stereocenters. The van der Waals surface area contributed by atoms with Crippen molar-refractivity contribution in [1.29, 1.82) is 0 Å². The van der Waals surface area contributed by atoms with Gasteiger partial charge in [-0.1, -0.05) is 11.6 Å². The first-order valence-corrected chi connectivity index (χ1v) is 5.34. The van der Waals surface area contributed by atoms with E-state index in [0.29, 0.717) is 11.4 Å². The third-order valence-electron chi connectivity index (χ3n) is 2.44. The summed E-state index contributed by atoms with van der Waals surface area (Å²) >= 11 is 7.29. The molecule has 1 fully saturated rings. The van der Waals surface area contributed by atoms with Crippen molar-refractivity contribution in [3.05, 3.63) is 21.3 Å². The summed E-state index contributed by atoms with van der Waals surface area (Å²) < 4.78 is 0. The van der Waals surface area contributed by atoms with E-state index >= 15 is 0 Å². The van der Waals surface area contributed by atoms with Gasteiger partial charge >= 0.3 is 5.97 Å². The van der Waals surface area contributed by atoms with Gasteiger partial charge in [0.25, 0.3) is 0 Å². The van der Waals surface area contributed by atoms with Crippen LogP contribution in [-0.4, -0.2) is 11.1 Å². The molecule has 0 unspecified atom stereocenters. The Morgan fingerprint density at radius 1 is 1.69 bits per heavy atom. The molecule has 2 rings (SSSR count). The van der Waals surface area contributed by atoms with Crippen LogP contribution < -0.4 is 0 Å². The van der Waals surface area contributed by atoms with Gasteiger partial charge in [0.2, 0.25) is 0 Å². The van der Waals surface area contributed by atoms with E-state index in [1.807, 2.05) is 11.4 Å². The Balaban J connectivity index is 2.10. The molecule has 0 spiro atoms. The lowest BCUT2D eigenvalue weighted by Crippen LogP contribution is -2.16. The molecule has 2 nitrogen and oxygen atoms in total. The zero-order chi connectivity index (χ0) is 9.47. The number of carboxylic acids is 1. The second-order valence-corrected chi connectivity index (χ2v) is 4.93. The van der Waals surface area contributed by atoms with Gasteiger partial charge in [0.15, 0.2) is 0 Å². The van der Waals surface area contributed by atoms with Crippen LogP contribution in [0.5, 0.6) is 0 Å². The molecule has 1 aliphatic rings. The van der Waals surface area contributed by atoms with Crippen molar-refractivity contribution in [2.75, 3.05) is 0 Å². The predicted octanol–water partition coefficient (Wildman–Crippen LogP) is 2.81. The summed E-state index contributed by atoms with van der Waals surface area (Å²) in [6.07, 6.45) is 2.25. The monoisotopic (exact) mass is 216 g/mol. The summed E-state index contributed by atoms with van der Waals surface area (Å²) in [5.74, 6) is -0.669. The molecule has 1 saturated carbocycles. The fourth-order valence-corrected chi connectivity index (χ4v) is 2.61. The van der Waals surface area contributed by atoms with Crippen LogP contribution in [0.15, 0.2) is 11.4 Å². The molecule has 1 aromatic rings. The number of carboxylic acid groups (broad SMARTS) is 1. The van der Waals surface area contributed by atoms with Crippen LogP contribution in [0.25, 0.3) is 0 Å². The van der Waals surface area contributed by atoms with Crippen molar-refractivity contribution >= 4 is 28.9 Å². The predicted molar refractivity (Wildman–Crippen MR) is 52.3 cm³/mol. The van der Waals surface area contributed by atoms with Gasteiger partial charge in [-0.05, 0) is 25.3 Å². The van der Waals surface area contributed by atoms with E-state index in [1.165, 1.54) is 11.3 Å². The Bertz CT molecular complexity index is 341. The fraction of sp³-hybridized carbons (Fsp3) is 0.444. The van der Waals surface area contributed by atoms with Gasteiger partial charge in [0, 0.05) is 10.3 Å². The summed E-state index contributed by atoms with van der Waals surface area (Å²) in [7, 11) is 0. The molecule has 0 saturated heterocycles. The summed E-state index contributed by atoms with van der Waals surface area (Å²) in [5.41, 5.74) is -0.464. The van der Waals surface area contributed by atoms with Crippen LogP contribution in [0.4, 0.5) is 0 Å². The Morgan fingerprint density at radius 2 is 2.38 bits per heavy atom. The first-order valence-electron chi connectivity index (χ1n) is 4.09. The van der Waals surface area contributed by atoms with E-state index in [-0.39, 0.29) is 0 Å². The zero-order valence-electron chi connectivity index (χ0n) is 6.92. The summed E-state index contributed by atoms with van der Waals surface area (Å²) in [5, 5.41) is 11.5. The second kappa shape index (κ2) is 3.00. The fourth-order valence-electron chi connectivity index (χ4n) is 1.40. The van der Waals surface area contributed by atoms with Gasteiger partial charge in [-0.25, -0.2) is 0 Å². The summed E-state index contributed by atoms with van der Waals surface area (Å²) in [4.78, 5) is 11.9. The highest BCUT2D eigenvalue weighted by Gasteiger charge is 2.50. The molecule has 4 heteroatoms. The van der Waals surface area contributed by atoms with Crippen molar-refractivity contribution in [1.82, 2.24) is 0 Å². The van der Waals surface area contributed by atoms with Gasteiger partial charge in [0.1, 0.15) is 0 Å². The average Bonchev–Trinajstić information content (AvgIpc) is 2.72. The number of hydrogen-bond acceptors (Lipinski definition) is 2. The van der Waals surface area contributed by atoms with Crippen LogP contribution in [0.1, 0.15) is 17.7 Å². The SMILES string of the molecule is O=C(O)C1(Cc2cc(Cl)cs2)CC1. The molecule has 70 valence electrons. The Kier molecular flexibility index (Phi) is 2.08. The van der Waals surface area contributed by atoms with Crippen LogP contribution >= 0.6 is 22.9 Å². The van der Waals surface area contributed by atoms with E-state index < -0.39 is 11.4 Å². The van der Waals surface area contributed by atoms with Crippen LogP contribution in [0.2, 0.25) is 5.02 Å². The van der Waals surface area contributed by atoms with E-state index in [9.17, 15) is 4.79 Å². The lowest BCUT2D eigenvalue weighted by atomic mass is 10.0. The highest BCUT2D eigenvalue weighted by atomic mass is 35.5. The molecule has 0 radical (unpaired) electrons. The van der Waals surface area contributed by atoms with E-state index in [0.717, 1.165) is 17.7 Å². The maximum absolute atomic E-state index is 10.9. The van der Waals surface area contributed by atoms with Gasteiger partial charge in [-0.15, -0.1) is 11.3 Å². The third kappa shape index (κ3) is 1.71. The topological polar surface area (TPSA) is 37.3 Å². The molecule has 0 aromatic carbocycles. The molecule has 13 heavy (non-hydrogen) atoms. The van der Waals surface area contributed by atoms with E-state index in [1.54, 1.807) is 0 Å². The van der Waals surface area contributed by atoms with Crippen molar-refractivity contribution in [2.24, 2.45) is 5.41 Å². The molecule has 1 heterocycles. The summed E-state index contributed by atoms with van der Waals surface area (Å²) in [6.45, 7) is 0. The van der Waals surface area contributed by atoms with E-state index in [4.69, 9.17) is 16.7 Å². The van der Waals surface area contributed by atoms with Gasteiger partial charge < -0.3 is 5.11 Å². The lowest BCUT2D eigenvalue weighted by molar-refractivity contribution is -0.143. The molecule has 1 aromatic heterocycles. The zero-order valence-corrected chi connectivity index (χ0v) is 8.49. The van der Waals surface area contributed by atoms with Crippen LogP contribution in [0, 0.1) is 5.41 Å². The van der Waals surface area contributed by atoms with Crippen molar-refractivity contribution in [3.63, 3.8) is 0 Å². The van der Waals surface area contributed by atoms with Crippen LogP contribution in [0.3, 0.4) is 0 Å². The number of halogens is 1. The molecule has 1 aliphatic carbocycles. The smallest absolute Gasteiger partial charge is 0.309 e. The quantitative estimate of drug-likeness (QED) is 0.844. The van der Waals surface area contributed by atoms with Crippen molar-refractivity contribution in [3.8, 4) is 0 Å². The first kappa shape index (κ1) is 9.03. The van der Waals surface area contributed by atoms with E-state index in [2.05, 4.69) is 0 Å². The van der Waals surface area contributed by atoms with Gasteiger partial charge in [0.05, 0.1) is 10.4 Å². The molecular formula is C9H9ClO2S. The maximum atomic E-state index is 10.9. The maximum Gasteiger partial charge on any atom is 0.309 e. The Hall–Kier alpha value is -0.540. The van der Waals surface area contributed by atoms with Gasteiger partial charge in [-0.2, -0.15) is 0 Å². The largest absolute Gasteiger partial charge is 0.481 e. The molecule has 1 N–H and O–H groups in total. The van der Waals surface area contributed by atoms with Crippen molar-refractivity contribution < 1.29 is 9.90 Å². The Morgan fingerprint density at radius 3 is 2.77 bits per heavy atom. The number of hydrogen-bond donors (Lipinski definition) is 1. The van der Waals surface area contributed by atoms with Gasteiger partial charge in [-0.3, -0.25) is 4.79 Å². The minimum atomic E-state index is -0.669. The minimum absolute atomic E-state index is 0.464. The average molecular weight is 217 g/mol. The molecular weight excluding hydrogens is 208 g/mol. The lowest BCUT2D eigenvalue weighted by Gasteiger charge is -2.06. The molecule has 0 amide bonds. The number of carbonyl (C=O) groups is 1. The highest BCUT2D eigenvalue weighted by Crippen LogP contribution is 2.49. The number of aliphatic carboxylic acids is 1. The summed E-state index contributed by atoms with van der Waals surface area (Å²) in [6, 6.07) is 1.86.